The number of rotatable bonds is 9. The zero-order chi connectivity index (χ0) is 16.3. The predicted molar refractivity (Wildman–Crippen MR) is 89.8 cm³/mol. The zero-order valence-electron chi connectivity index (χ0n) is 13.3. The van der Waals surface area contributed by atoms with Crippen LogP contribution in [0.2, 0.25) is 0 Å². The van der Waals surface area contributed by atoms with Crippen molar-refractivity contribution in [3.8, 4) is 5.75 Å². The third-order valence-electron chi connectivity index (χ3n) is 3.28. The van der Waals surface area contributed by atoms with E-state index in [1.807, 2.05) is 0 Å². The SMILES string of the molecule is CCCCCCOc1ccc(C(=O)N/N=C/c2ccco2)cc1. The van der Waals surface area contributed by atoms with Gasteiger partial charge in [0.05, 0.1) is 19.1 Å². The molecule has 0 bridgehead atoms. The summed E-state index contributed by atoms with van der Waals surface area (Å²) < 4.78 is 10.7. The fourth-order valence-corrected chi connectivity index (χ4v) is 2.01. The van der Waals surface area contributed by atoms with Crippen LogP contribution in [0.3, 0.4) is 0 Å². The van der Waals surface area contributed by atoms with Crippen molar-refractivity contribution in [2.75, 3.05) is 6.61 Å². The van der Waals surface area contributed by atoms with E-state index < -0.39 is 0 Å². The van der Waals surface area contributed by atoms with Crippen molar-refractivity contribution in [2.24, 2.45) is 5.10 Å². The molecule has 23 heavy (non-hydrogen) atoms. The highest BCUT2D eigenvalue weighted by Crippen LogP contribution is 2.13. The Morgan fingerprint density at radius 2 is 2.04 bits per heavy atom. The average molecular weight is 314 g/mol. The molecule has 1 N–H and O–H groups in total. The summed E-state index contributed by atoms with van der Waals surface area (Å²) in [6.45, 7) is 2.89. The van der Waals surface area contributed by atoms with E-state index in [-0.39, 0.29) is 5.91 Å². The number of nitrogens with zero attached hydrogens (tertiary/aromatic N) is 1. The first kappa shape index (κ1) is 16.8. The molecule has 0 radical (unpaired) electrons. The molecule has 0 aliphatic carbocycles. The number of amides is 1. The Morgan fingerprint density at radius 3 is 2.74 bits per heavy atom. The number of hydrogen-bond donors (Lipinski definition) is 1. The van der Waals surface area contributed by atoms with Gasteiger partial charge in [-0.25, -0.2) is 5.43 Å². The molecule has 0 saturated heterocycles. The summed E-state index contributed by atoms with van der Waals surface area (Å²) in [5, 5.41) is 3.84. The smallest absolute Gasteiger partial charge is 0.271 e. The minimum atomic E-state index is -0.276. The van der Waals surface area contributed by atoms with Crippen LogP contribution in [0.5, 0.6) is 5.75 Å². The van der Waals surface area contributed by atoms with Crippen molar-refractivity contribution in [3.05, 3.63) is 54.0 Å². The van der Waals surface area contributed by atoms with E-state index in [9.17, 15) is 4.79 Å². The van der Waals surface area contributed by atoms with Gasteiger partial charge in [0.15, 0.2) is 0 Å². The van der Waals surface area contributed by atoms with Gasteiger partial charge >= 0.3 is 0 Å². The maximum absolute atomic E-state index is 11.9. The van der Waals surface area contributed by atoms with Gasteiger partial charge in [-0.15, -0.1) is 0 Å². The lowest BCUT2D eigenvalue weighted by Crippen LogP contribution is -2.17. The van der Waals surface area contributed by atoms with Crippen LogP contribution >= 0.6 is 0 Å². The van der Waals surface area contributed by atoms with Crippen LogP contribution in [-0.4, -0.2) is 18.7 Å². The van der Waals surface area contributed by atoms with E-state index in [4.69, 9.17) is 9.15 Å². The van der Waals surface area contributed by atoms with E-state index in [1.54, 1.807) is 42.7 Å². The normalized spacial score (nSPS) is 10.8. The summed E-state index contributed by atoms with van der Waals surface area (Å²) in [5.41, 5.74) is 2.98. The number of ether oxygens (including phenoxy) is 1. The van der Waals surface area contributed by atoms with Gasteiger partial charge < -0.3 is 9.15 Å². The van der Waals surface area contributed by atoms with Crippen LogP contribution in [0.25, 0.3) is 0 Å². The van der Waals surface area contributed by atoms with Gasteiger partial charge in [0.2, 0.25) is 0 Å². The molecule has 0 unspecified atom stereocenters. The highest BCUT2D eigenvalue weighted by molar-refractivity contribution is 5.94. The van der Waals surface area contributed by atoms with Crippen molar-refractivity contribution in [3.63, 3.8) is 0 Å². The minimum absolute atomic E-state index is 0.276. The van der Waals surface area contributed by atoms with Gasteiger partial charge in [-0.2, -0.15) is 5.10 Å². The minimum Gasteiger partial charge on any atom is -0.494 e. The Kier molecular flexibility index (Phi) is 6.91. The Labute approximate surface area is 136 Å². The van der Waals surface area contributed by atoms with Crippen LogP contribution in [0.4, 0.5) is 0 Å². The van der Waals surface area contributed by atoms with Crippen molar-refractivity contribution < 1.29 is 13.9 Å². The van der Waals surface area contributed by atoms with Crippen molar-refractivity contribution in [1.82, 2.24) is 5.43 Å². The topological polar surface area (TPSA) is 63.8 Å². The first-order chi connectivity index (χ1) is 11.3. The second-order valence-electron chi connectivity index (χ2n) is 5.15. The quantitative estimate of drug-likeness (QED) is 0.432. The molecule has 0 atom stereocenters. The molecular formula is C18H22N2O3. The maximum Gasteiger partial charge on any atom is 0.271 e. The zero-order valence-corrected chi connectivity index (χ0v) is 13.3. The van der Waals surface area contributed by atoms with Crippen LogP contribution < -0.4 is 10.2 Å². The van der Waals surface area contributed by atoms with Crippen LogP contribution in [-0.2, 0) is 0 Å². The number of furan rings is 1. The third-order valence-corrected chi connectivity index (χ3v) is 3.28. The summed E-state index contributed by atoms with van der Waals surface area (Å²) in [6, 6.07) is 10.5. The molecule has 0 aliphatic heterocycles. The maximum atomic E-state index is 11.9. The van der Waals surface area contributed by atoms with Gasteiger partial charge in [0.1, 0.15) is 11.5 Å². The molecule has 0 aliphatic rings. The van der Waals surface area contributed by atoms with Gasteiger partial charge in [-0.1, -0.05) is 26.2 Å². The van der Waals surface area contributed by atoms with Gasteiger partial charge in [-0.3, -0.25) is 4.79 Å². The number of carbonyl (C=O) groups excluding carboxylic acids is 1. The van der Waals surface area contributed by atoms with E-state index in [2.05, 4.69) is 17.5 Å². The first-order valence-corrected chi connectivity index (χ1v) is 7.89. The van der Waals surface area contributed by atoms with Crippen molar-refractivity contribution in [1.29, 1.82) is 0 Å². The molecular weight excluding hydrogens is 292 g/mol. The Morgan fingerprint density at radius 1 is 1.22 bits per heavy atom. The van der Waals surface area contributed by atoms with Crippen LogP contribution in [0.1, 0.15) is 48.7 Å². The van der Waals surface area contributed by atoms with Gasteiger partial charge in [0, 0.05) is 5.56 Å². The monoisotopic (exact) mass is 314 g/mol. The number of unbranched alkanes of at least 4 members (excludes halogenated alkanes) is 3. The summed E-state index contributed by atoms with van der Waals surface area (Å²) >= 11 is 0. The summed E-state index contributed by atoms with van der Waals surface area (Å²) in [4.78, 5) is 11.9. The second-order valence-corrected chi connectivity index (χ2v) is 5.15. The third kappa shape index (κ3) is 5.98. The molecule has 0 fully saturated rings. The van der Waals surface area contributed by atoms with Crippen molar-refractivity contribution in [2.45, 2.75) is 32.6 Å². The Bertz CT molecular complexity index is 604. The number of hydrazone groups is 1. The fraction of sp³-hybridized carbons (Fsp3) is 0.333. The summed E-state index contributed by atoms with van der Waals surface area (Å²) in [5.74, 6) is 1.08. The molecule has 0 spiro atoms. The van der Waals surface area contributed by atoms with Gasteiger partial charge in [0.25, 0.3) is 5.91 Å². The molecule has 0 saturated carbocycles. The van der Waals surface area contributed by atoms with Crippen LogP contribution in [0, 0.1) is 0 Å². The lowest BCUT2D eigenvalue weighted by atomic mass is 10.2. The number of hydrogen-bond acceptors (Lipinski definition) is 4. The largest absolute Gasteiger partial charge is 0.494 e. The summed E-state index contributed by atoms with van der Waals surface area (Å²) in [7, 11) is 0. The molecule has 5 heteroatoms. The second kappa shape index (κ2) is 9.46. The standard InChI is InChI=1S/C18H22N2O3/c1-2-3-4-5-12-22-16-10-8-15(9-11-16)18(21)20-19-14-17-7-6-13-23-17/h6-11,13-14H,2-5,12H2,1H3,(H,20,21)/b19-14+. The highest BCUT2D eigenvalue weighted by atomic mass is 16.5. The van der Waals surface area contributed by atoms with Gasteiger partial charge in [-0.05, 0) is 42.8 Å². The number of nitrogens with one attached hydrogen (secondary N) is 1. The number of carbonyl (C=O) groups is 1. The van der Waals surface area contributed by atoms with Crippen molar-refractivity contribution >= 4 is 12.1 Å². The first-order valence-electron chi connectivity index (χ1n) is 7.89. The predicted octanol–water partition coefficient (Wildman–Crippen LogP) is 4.00. The Balaban J connectivity index is 1.76. The van der Waals surface area contributed by atoms with E-state index in [0.717, 1.165) is 12.2 Å². The lowest BCUT2D eigenvalue weighted by Gasteiger charge is -2.06. The molecule has 2 aromatic rings. The van der Waals surface area contributed by atoms with E-state index in [0.29, 0.717) is 17.9 Å². The lowest BCUT2D eigenvalue weighted by molar-refractivity contribution is 0.0955. The molecule has 1 aromatic carbocycles. The number of benzene rings is 1. The molecule has 5 nitrogen and oxygen atoms in total. The average Bonchev–Trinajstić information content (AvgIpc) is 3.08. The van der Waals surface area contributed by atoms with Crippen LogP contribution in [0.15, 0.2) is 52.2 Å². The molecule has 2 rings (SSSR count). The molecule has 1 heterocycles. The fourth-order valence-electron chi connectivity index (χ4n) is 2.01. The molecule has 1 aromatic heterocycles. The summed E-state index contributed by atoms with van der Waals surface area (Å²) in [6.07, 6.45) is 7.69. The van der Waals surface area contributed by atoms with E-state index in [1.165, 1.54) is 25.5 Å². The highest BCUT2D eigenvalue weighted by Gasteiger charge is 2.04. The molecule has 1 amide bonds. The van der Waals surface area contributed by atoms with E-state index >= 15 is 0 Å². The molecule has 122 valence electrons. The Hall–Kier alpha value is -2.56.